The first-order valence-electron chi connectivity index (χ1n) is 10.4. The molecule has 2 heterocycles. The monoisotopic (exact) mass is 465 g/mol. The third-order valence-corrected chi connectivity index (χ3v) is 6.00. The molecule has 0 radical (unpaired) electrons. The molecule has 2 aliphatic heterocycles. The van der Waals surface area contributed by atoms with Gasteiger partial charge in [-0.25, -0.2) is 0 Å². The van der Waals surface area contributed by atoms with Gasteiger partial charge in [-0.1, -0.05) is 6.42 Å². The van der Waals surface area contributed by atoms with Crippen LogP contribution in [0.15, 0.2) is 18.2 Å². The molecule has 0 aliphatic carbocycles. The Hall–Kier alpha value is -2.30. The molecule has 2 saturated heterocycles. The average Bonchev–Trinajstić information content (AvgIpc) is 3.14. The molecule has 32 heavy (non-hydrogen) atoms. The lowest BCUT2D eigenvalue weighted by Gasteiger charge is -2.34. The number of benzene rings is 1. The minimum Gasteiger partial charge on any atom is -0.341 e. The second-order valence-electron chi connectivity index (χ2n) is 8.48. The largest absolute Gasteiger partial charge is 0.416 e. The third-order valence-electron chi connectivity index (χ3n) is 6.00. The van der Waals surface area contributed by atoms with Gasteiger partial charge in [-0.3, -0.25) is 14.5 Å². The second kappa shape index (κ2) is 9.29. The molecule has 2 aliphatic rings. The van der Waals surface area contributed by atoms with E-state index in [2.05, 4.69) is 5.32 Å². The van der Waals surface area contributed by atoms with Crippen molar-refractivity contribution in [3.63, 3.8) is 0 Å². The Morgan fingerprint density at radius 2 is 1.59 bits per heavy atom. The van der Waals surface area contributed by atoms with Gasteiger partial charge < -0.3 is 10.2 Å². The number of rotatable bonds is 4. The maximum atomic E-state index is 13.0. The van der Waals surface area contributed by atoms with Crippen molar-refractivity contribution >= 4 is 17.5 Å². The van der Waals surface area contributed by atoms with Crippen molar-refractivity contribution in [1.82, 2.24) is 9.80 Å². The molecule has 0 bridgehead atoms. The predicted molar refractivity (Wildman–Crippen MR) is 105 cm³/mol. The molecule has 2 fully saturated rings. The molecule has 1 N–H and O–H groups in total. The first-order chi connectivity index (χ1) is 14.8. The Labute approximate surface area is 181 Å². The molecule has 1 aromatic carbocycles. The minimum atomic E-state index is -4.99. The number of hydrogen-bond donors (Lipinski definition) is 1. The van der Waals surface area contributed by atoms with Crippen molar-refractivity contribution in [1.29, 1.82) is 0 Å². The molecule has 0 aromatic heterocycles. The first kappa shape index (κ1) is 24.3. The Morgan fingerprint density at radius 3 is 2.16 bits per heavy atom. The van der Waals surface area contributed by atoms with Crippen molar-refractivity contribution in [2.45, 2.75) is 50.5 Å². The predicted octanol–water partition coefficient (Wildman–Crippen LogP) is 4.39. The lowest BCUT2D eigenvalue weighted by molar-refractivity contribution is -0.143. The van der Waals surface area contributed by atoms with Crippen LogP contribution in [0.1, 0.15) is 43.2 Å². The van der Waals surface area contributed by atoms with Crippen LogP contribution >= 0.6 is 0 Å². The van der Waals surface area contributed by atoms with Crippen molar-refractivity contribution in [3.05, 3.63) is 29.3 Å². The Kier molecular flexibility index (Phi) is 7.06. The smallest absolute Gasteiger partial charge is 0.341 e. The van der Waals surface area contributed by atoms with Crippen LogP contribution in [0.3, 0.4) is 0 Å². The van der Waals surface area contributed by atoms with E-state index in [9.17, 15) is 35.9 Å². The highest BCUT2D eigenvalue weighted by Gasteiger charge is 2.38. The number of carbonyl (C=O) groups excluding carboxylic acids is 2. The van der Waals surface area contributed by atoms with Crippen molar-refractivity contribution < 1.29 is 35.9 Å². The van der Waals surface area contributed by atoms with Gasteiger partial charge in [-0.2, -0.15) is 26.3 Å². The average molecular weight is 465 g/mol. The summed E-state index contributed by atoms with van der Waals surface area (Å²) in [5, 5.41) is 2.16. The summed E-state index contributed by atoms with van der Waals surface area (Å²) in [7, 11) is 1.90. The van der Waals surface area contributed by atoms with E-state index in [1.807, 2.05) is 11.9 Å². The number of likely N-dealkylation sites (tertiary alicyclic amines) is 2. The van der Waals surface area contributed by atoms with E-state index >= 15 is 0 Å². The molecular weight excluding hydrogens is 440 g/mol. The Morgan fingerprint density at radius 1 is 0.969 bits per heavy atom. The summed E-state index contributed by atoms with van der Waals surface area (Å²) >= 11 is 0. The quantitative estimate of drug-likeness (QED) is 0.672. The van der Waals surface area contributed by atoms with Gasteiger partial charge in [0.1, 0.15) is 0 Å². The van der Waals surface area contributed by atoms with Gasteiger partial charge >= 0.3 is 12.4 Å². The van der Waals surface area contributed by atoms with Gasteiger partial charge in [-0.15, -0.1) is 0 Å². The number of halogens is 6. The number of carbonyl (C=O) groups is 2. The number of nitrogens with zero attached hydrogens (tertiary/aromatic N) is 2. The van der Waals surface area contributed by atoms with E-state index in [1.54, 1.807) is 4.90 Å². The fourth-order valence-electron chi connectivity index (χ4n) is 4.30. The number of amides is 2. The number of piperidine rings is 1. The van der Waals surface area contributed by atoms with E-state index < -0.39 is 35.1 Å². The standard InChI is InChI=1S/C21H25F6N3O2/c1-29-6-3-2-4-17(29)19(32)30-7-5-13(12-30)8-18(31)28-16-10-14(20(22,23)24)9-15(11-16)21(25,26)27/h9-11,13,17H,2-8,12H2,1H3,(H,28,31). The number of alkyl halides is 6. The maximum Gasteiger partial charge on any atom is 0.416 e. The normalized spacial score (nSPS) is 22.8. The topological polar surface area (TPSA) is 52.7 Å². The van der Waals surface area contributed by atoms with Gasteiger partial charge in [0.2, 0.25) is 11.8 Å². The molecule has 178 valence electrons. The van der Waals surface area contributed by atoms with E-state index in [4.69, 9.17) is 0 Å². The molecule has 0 spiro atoms. The van der Waals surface area contributed by atoms with Crippen molar-refractivity contribution in [2.24, 2.45) is 5.92 Å². The van der Waals surface area contributed by atoms with E-state index in [0.29, 0.717) is 31.6 Å². The number of anilines is 1. The van der Waals surface area contributed by atoms with Gasteiger partial charge in [-0.05, 0) is 57.0 Å². The Bertz CT molecular complexity index is 823. The zero-order valence-electron chi connectivity index (χ0n) is 17.5. The highest BCUT2D eigenvalue weighted by atomic mass is 19.4. The van der Waals surface area contributed by atoms with Crippen LogP contribution in [0.25, 0.3) is 0 Å². The summed E-state index contributed by atoms with van der Waals surface area (Å²) in [4.78, 5) is 28.8. The zero-order valence-corrected chi connectivity index (χ0v) is 17.5. The van der Waals surface area contributed by atoms with Crippen molar-refractivity contribution in [3.8, 4) is 0 Å². The van der Waals surface area contributed by atoms with Crippen LogP contribution in [0, 0.1) is 5.92 Å². The molecule has 0 saturated carbocycles. The lowest BCUT2D eigenvalue weighted by atomic mass is 10.0. The summed E-state index contributed by atoms with van der Waals surface area (Å²) in [6.07, 6.45) is -6.74. The number of likely N-dealkylation sites (N-methyl/N-ethyl adjacent to an activating group) is 1. The highest BCUT2D eigenvalue weighted by Crippen LogP contribution is 2.37. The van der Waals surface area contributed by atoms with Crippen LogP contribution in [0.2, 0.25) is 0 Å². The molecule has 1 aromatic rings. The van der Waals surface area contributed by atoms with Crippen LogP contribution in [-0.4, -0.2) is 54.3 Å². The summed E-state index contributed by atoms with van der Waals surface area (Å²) in [6, 6.07) is 0.785. The third kappa shape index (κ3) is 5.93. The summed E-state index contributed by atoms with van der Waals surface area (Å²) in [6.45, 7) is 1.66. The molecule has 11 heteroatoms. The zero-order chi connectivity index (χ0) is 23.7. The summed E-state index contributed by atoms with van der Waals surface area (Å²) in [5.74, 6) is -0.893. The maximum absolute atomic E-state index is 13.0. The molecule has 5 nitrogen and oxygen atoms in total. The van der Waals surface area contributed by atoms with Crippen LogP contribution in [0.4, 0.5) is 32.0 Å². The molecular formula is C21H25F6N3O2. The summed E-state index contributed by atoms with van der Waals surface area (Å²) in [5.41, 5.74) is -3.54. The van der Waals surface area contributed by atoms with Gasteiger partial charge in [0.25, 0.3) is 0 Å². The highest BCUT2D eigenvalue weighted by molar-refractivity contribution is 5.91. The summed E-state index contributed by atoms with van der Waals surface area (Å²) < 4.78 is 77.9. The fraction of sp³-hybridized carbons (Fsp3) is 0.619. The molecule has 2 unspecified atom stereocenters. The van der Waals surface area contributed by atoms with E-state index in [1.165, 1.54) is 0 Å². The fourth-order valence-corrected chi connectivity index (χ4v) is 4.30. The molecule has 2 atom stereocenters. The van der Waals surface area contributed by atoms with E-state index in [0.717, 1.165) is 25.8 Å². The minimum absolute atomic E-state index is 0.00260. The van der Waals surface area contributed by atoms with Gasteiger partial charge in [0.05, 0.1) is 17.2 Å². The van der Waals surface area contributed by atoms with Crippen LogP contribution in [-0.2, 0) is 21.9 Å². The van der Waals surface area contributed by atoms with Gasteiger partial charge in [0, 0.05) is 25.2 Å². The number of hydrogen-bond acceptors (Lipinski definition) is 3. The lowest BCUT2D eigenvalue weighted by Crippen LogP contribution is -2.48. The van der Waals surface area contributed by atoms with Crippen LogP contribution < -0.4 is 5.32 Å². The first-order valence-corrected chi connectivity index (χ1v) is 10.4. The van der Waals surface area contributed by atoms with Crippen LogP contribution in [0.5, 0.6) is 0 Å². The van der Waals surface area contributed by atoms with E-state index in [-0.39, 0.29) is 30.4 Å². The Balaban J connectivity index is 1.62. The molecule has 3 rings (SSSR count). The SMILES string of the molecule is CN1CCCCC1C(=O)N1CCC(CC(=O)Nc2cc(C(F)(F)F)cc(C(F)(F)F)c2)C1. The molecule has 2 amide bonds. The number of nitrogens with one attached hydrogen (secondary N) is 1. The van der Waals surface area contributed by atoms with Gasteiger partial charge in [0.15, 0.2) is 0 Å². The van der Waals surface area contributed by atoms with Crippen molar-refractivity contribution in [2.75, 3.05) is 32.0 Å². The second-order valence-corrected chi connectivity index (χ2v) is 8.48.